The Labute approximate surface area is 124 Å². The fourth-order valence-electron chi connectivity index (χ4n) is 2.53. The Morgan fingerprint density at radius 2 is 2.10 bits per heavy atom. The van der Waals surface area contributed by atoms with Crippen LogP contribution in [0.5, 0.6) is 0 Å². The summed E-state index contributed by atoms with van der Waals surface area (Å²) in [5.74, 6) is -1.85. The molecule has 1 aromatic carbocycles. The largest absolute Gasteiger partial charge is 0.313 e. The summed E-state index contributed by atoms with van der Waals surface area (Å²) in [6.45, 7) is 4.64. The zero-order chi connectivity index (χ0) is 15.6. The molecule has 1 aliphatic rings. The van der Waals surface area contributed by atoms with E-state index in [1.165, 1.54) is 4.31 Å². The molecule has 0 radical (unpaired) electrons. The van der Waals surface area contributed by atoms with Crippen LogP contribution in [0.4, 0.5) is 8.78 Å². The number of sulfonamides is 1. The van der Waals surface area contributed by atoms with Crippen molar-refractivity contribution in [3.63, 3.8) is 0 Å². The van der Waals surface area contributed by atoms with Crippen LogP contribution in [0, 0.1) is 11.6 Å². The summed E-state index contributed by atoms with van der Waals surface area (Å²) in [6, 6.07) is 2.31. The van der Waals surface area contributed by atoms with Gasteiger partial charge in [0.1, 0.15) is 16.5 Å². The molecule has 118 valence electrons. The zero-order valence-corrected chi connectivity index (χ0v) is 13.0. The molecule has 7 heteroatoms. The Kier molecular flexibility index (Phi) is 4.95. The van der Waals surface area contributed by atoms with Crippen LogP contribution in [0.15, 0.2) is 23.1 Å². The number of nitrogens with one attached hydrogen (secondary N) is 1. The molecule has 1 N–H and O–H groups in total. The summed E-state index contributed by atoms with van der Waals surface area (Å²) in [5.41, 5.74) is 0. The summed E-state index contributed by atoms with van der Waals surface area (Å²) >= 11 is 0. The lowest BCUT2D eigenvalue weighted by atomic mass is 10.2. The predicted octanol–water partition coefficient (Wildman–Crippen LogP) is 2.12. The third kappa shape index (κ3) is 3.59. The number of nitrogens with zero attached hydrogens (tertiary/aromatic N) is 1. The van der Waals surface area contributed by atoms with E-state index in [1.54, 1.807) is 13.8 Å². The first-order valence-electron chi connectivity index (χ1n) is 7.02. The summed E-state index contributed by atoms with van der Waals surface area (Å²) in [7, 11) is -3.98. The van der Waals surface area contributed by atoms with Gasteiger partial charge in [0.2, 0.25) is 10.0 Å². The second kappa shape index (κ2) is 6.37. The Balaban J connectivity index is 2.32. The van der Waals surface area contributed by atoms with Gasteiger partial charge in [0, 0.05) is 24.7 Å². The van der Waals surface area contributed by atoms with E-state index in [0.717, 1.165) is 31.5 Å². The lowest BCUT2D eigenvalue weighted by Gasteiger charge is -2.28. The van der Waals surface area contributed by atoms with Crippen LogP contribution in [0.25, 0.3) is 0 Å². The van der Waals surface area contributed by atoms with Crippen molar-refractivity contribution in [2.75, 3.05) is 13.1 Å². The molecule has 1 aliphatic heterocycles. The van der Waals surface area contributed by atoms with Gasteiger partial charge < -0.3 is 5.32 Å². The molecule has 0 aliphatic carbocycles. The molecule has 1 aromatic rings. The van der Waals surface area contributed by atoms with Crippen molar-refractivity contribution in [1.82, 2.24) is 9.62 Å². The molecule has 2 rings (SSSR count). The molecule has 1 atom stereocenters. The lowest BCUT2D eigenvalue weighted by Crippen LogP contribution is -2.44. The van der Waals surface area contributed by atoms with Crippen LogP contribution in [-0.4, -0.2) is 37.9 Å². The first-order valence-corrected chi connectivity index (χ1v) is 8.46. The third-order valence-corrected chi connectivity index (χ3v) is 5.69. The maximum Gasteiger partial charge on any atom is 0.246 e. The van der Waals surface area contributed by atoms with Crippen molar-refractivity contribution in [2.24, 2.45) is 0 Å². The first-order chi connectivity index (χ1) is 9.82. The highest BCUT2D eigenvalue weighted by molar-refractivity contribution is 7.89. The van der Waals surface area contributed by atoms with Gasteiger partial charge in [0.05, 0.1) is 0 Å². The SMILES string of the molecule is CC(C)N(CC1CCCN1)S(=O)(=O)c1ccc(F)cc1F. The van der Waals surface area contributed by atoms with E-state index in [0.29, 0.717) is 6.07 Å². The fourth-order valence-corrected chi connectivity index (χ4v) is 4.26. The monoisotopic (exact) mass is 318 g/mol. The second-order valence-electron chi connectivity index (χ2n) is 5.54. The van der Waals surface area contributed by atoms with Gasteiger partial charge in [-0.15, -0.1) is 0 Å². The van der Waals surface area contributed by atoms with Gasteiger partial charge in [0.25, 0.3) is 0 Å². The molecule has 0 aromatic heterocycles. The minimum Gasteiger partial charge on any atom is -0.313 e. The lowest BCUT2D eigenvalue weighted by molar-refractivity contribution is 0.321. The fraction of sp³-hybridized carbons (Fsp3) is 0.571. The van der Waals surface area contributed by atoms with Crippen LogP contribution < -0.4 is 5.32 Å². The highest BCUT2D eigenvalue weighted by Crippen LogP contribution is 2.23. The summed E-state index contributed by atoms with van der Waals surface area (Å²) in [6.07, 6.45) is 1.90. The van der Waals surface area contributed by atoms with Gasteiger partial charge in [0.15, 0.2) is 0 Å². The van der Waals surface area contributed by atoms with E-state index in [9.17, 15) is 17.2 Å². The topological polar surface area (TPSA) is 49.4 Å². The quantitative estimate of drug-likeness (QED) is 0.905. The van der Waals surface area contributed by atoms with E-state index in [4.69, 9.17) is 0 Å². The molecule has 0 bridgehead atoms. The number of hydrogen-bond donors (Lipinski definition) is 1. The number of benzene rings is 1. The van der Waals surface area contributed by atoms with Gasteiger partial charge in [-0.25, -0.2) is 17.2 Å². The first kappa shape index (κ1) is 16.3. The van der Waals surface area contributed by atoms with Gasteiger partial charge in [-0.3, -0.25) is 0 Å². The van der Waals surface area contributed by atoms with Gasteiger partial charge in [-0.05, 0) is 45.4 Å². The van der Waals surface area contributed by atoms with E-state index in [1.807, 2.05) is 0 Å². The predicted molar refractivity (Wildman–Crippen MR) is 76.4 cm³/mol. The van der Waals surface area contributed by atoms with E-state index < -0.39 is 26.6 Å². The molecule has 0 saturated carbocycles. The van der Waals surface area contributed by atoms with E-state index in [-0.39, 0.29) is 18.6 Å². The van der Waals surface area contributed by atoms with Crippen molar-refractivity contribution in [2.45, 2.75) is 43.7 Å². The van der Waals surface area contributed by atoms with Gasteiger partial charge in [-0.1, -0.05) is 0 Å². The molecule has 4 nitrogen and oxygen atoms in total. The molecular weight excluding hydrogens is 298 g/mol. The average molecular weight is 318 g/mol. The normalized spacial score (nSPS) is 19.6. The Hall–Kier alpha value is -1.05. The Bertz CT molecular complexity index is 599. The smallest absolute Gasteiger partial charge is 0.246 e. The number of hydrogen-bond acceptors (Lipinski definition) is 3. The van der Waals surface area contributed by atoms with Crippen LogP contribution in [0.2, 0.25) is 0 Å². The third-order valence-electron chi connectivity index (χ3n) is 3.62. The van der Waals surface area contributed by atoms with E-state index >= 15 is 0 Å². The van der Waals surface area contributed by atoms with Gasteiger partial charge in [-0.2, -0.15) is 4.31 Å². The number of halogens is 2. The molecule has 21 heavy (non-hydrogen) atoms. The van der Waals surface area contributed by atoms with Crippen LogP contribution in [0.3, 0.4) is 0 Å². The molecule has 1 unspecified atom stereocenters. The summed E-state index contributed by atoms with van der Waals surface area (Å²) in [4.78, 5) is -0.476. The van der Waals surface area contributed by atoms with Crippen molar-refractivity contribution in [3.05, 3.63) is 29.8 Å². The second-order valence-corrected chi connectivity index (χ2v) is 7.40. The van der Waals surface area contributed by atoms with Crippen molar-refractivity contribution in [3.8, 4) is 0 Å². The van der Waals surface area contributed by atoms with Crippen LogP contribution >= 0.6 is 0 Å². The van der Waals surface area contributed by atoms with Crippen LogP contribution in [-0.2, 0) is 10.0 Å². The zero-order valence-electron chi connectivity index (χ0n) is 12.1. The average Bonchev–Trinajstić information content (AvgIpc) is 2.87. The highest BCUT2D eigenvalue weighted by atomic mass is 32.2. The van der Waals surface area contributed by atoms with E-state index in [2.05, 4.69) is 5.32 Å². The van der Waals surface area contributed by atoms with Crippen molar-refractivity contribution in [1.29, 1.82) is 0 Å². The molecule has 1 saturated heterocycles. The minimum atomic E-state index is -3.98. The maximum atomic E-state index is 13.8. The Morgan fingerprint density at radius 3 is 2.62 bits per heavy atom. The maximum absolute atomic E-state index is 13.8. The molecular formula is C14H20F2N2O2S. The summed E-state index contributed by atoms with van der Waals surface area (Å²) in [5, 5.41) is 3.23. The Morgan fingerprint density at radius 1 is 1.38 bits per heavy atom. The standard InChI is InChI=1S/C14H20F2N2O2S/c1-10(2)18(9-12-4-3-7-17-12)21(19,20)14-6-5-11(15)8-13(14)16/h5-6,8,10,12,17H,3-4,7,9H2,1-2H3. The highest BCUT2D eigenvalue weighted by Gasteiger charge is 2.32. The minimum absolute atomic E-state index is 0.0747. The molecule has 1 heterocycles. The van der Waals surface area contributed by atoms with Crippen molar-refractivity contribution >= 4 is 10.0 Å². The van der Waals surface area contributed by atoms with Gasteiger partial charge >= 0.3 is 0 Å². The van der Waals surface area contributed by atoms with Crippen molar-refractivity contribution < 1.29 is 17.2 Å². The number of rotatable bonds is 5. The summed E-state index contributed by atoms with van der Waals surface area (Å²) < 4.78 is 53.3. The van der Waals surface area contributed by atoms with Crippen LogP contribution in [0.1, 0.15) is 26.7 Å². The molecule has 0 spiro atoms. The molecule has 1 fully saturated rings. The molecule has 0 amide bonds.